The van der Waals surface area contributed by atoms with Crippen molar-refractivity contribution in [2.75, 3.05) is 6.61 Å². The Kier molecular flexibility index (Phi) is 10.9. The second-order valence-corrected chi connectivity index (χ2v) is 12.0. The maximum absolute atomic E-state index is 13.8. The standard InChI is InChI=1S/C41H31N3O10/c45-38(26-14-5-1-6-15-26)49-25-31-32(51-39(46)27-16-7-2-8-17-27)33(52-40(47)28-18-9-3-10-19-28)34(53-41(48)29-20-11-4-12-21-29)35(50-31)36-43-37(54-44-36)30-22-13-23-42-24-30/h1-24,31-35H,25H2/t31-,32-,33+,34-,35-/m1/s1. The molecule has 1 saturated heterocycles. The molecule has 1 fully saturated rings. The molecule has 13 nitrogen and oxygen atoms in total. The molecule has 1 aliphatic heterocycles. The van der Waals surface area contributed by atoms with Crippen molar-refractivity contribution in [3.05, 3.63) is 174 Å². The van der Waals surface area contributed by atoms with Crippen molar-refractivity contribution in [1.29, 1.82) is 0 Å². The normalized spacial score (nSPS) is 19.2. The van der Waals surface area contributed by atoms with Gasteiger partial charge in [0.1, 0.15) is 12.7 Å². The predicted molar refractivity (Wildman–Crippen MR) is 189 cm³/mol. The molecule has 0 spiro atoms. The van der Waals surface area contributed by atoms with Gasteiger partial charge in [0.05, 0.1) is 27.8 Å². The lowest BCUT2D eigenvalue weighted by Crippen LogP contribution is -2.60. The number of nitrogens with zero attached hydrogens (tertiary/aromatic N) is 3. The summed E-state index contributed by atoms with van der Waals surface area (Å²) in [6.07, 6.45) is -4.27. The van der Waals surface area contributed by atoms with Gasteiger partial charge >= 0.3 is 23.9 Å². The molecule has 1 aliphatic rings. The number of ether oxygens (including phenoxy) is 5. The van der Waals surface area contributed by atoms with Gasteiger partial charge in [-0.15, -0.1) is 0 Å². The van der Waals surface area contributed by atoms with E-state index in [-0.39, 0.29) is 34.0 Å². The molecule has 13 heteroatoms. The fourth-order valence-corrected chi connectivity index (χ4v) is 5.73. The van der Waals surface area contributed by atoms with Gasteiger partial charge in [0.25, 0.3) is 5.89 Å². The highest BCUT2D eigenvalue weighted by Gasteiger charge is 2.55. The Labute approximate surface area is 308 Å². The average molecular weight is 726 g/mol. The minimum atomic E-state index is -1.57. The summed E-state index contributed by atoms with van der Waals surface area (Å²) in [4.78, 5) is 63.1. The zero-order valence-corrected chi connectivity index (χ0v) is 28.4. The fourth-order valence-electron chi connectivity index (χ4n) is 5.73. The maximum atomic E-state index is 13.8. The van der Waals surface area contributed by atoms with Gasteiger partial charge in [0, 0.05) is 12.4 Å². The number of rotatable bonds is 11. The first-order chi connectivity index (χ1) is 26.4. The lowest BCUT2D eigenvalue weighted by atomic mass is 9.93. The molecule has 0 unspecified atom stereocenters. The molecule has 54 heavy (non-hydrogen) atoms. The molecule has 0 radical (unpaired) electrons. The van der Waals surface area contributed by atoms with Crippen LogP contribution in [0.3, 0.4) is 0 Å². The monoisotopic (exact) mass is 725 g/mol. The van der Waals surface area contributed by atoms with E-state index in [2.05, 4.69) is 15.1 Å². The number of pyridine rings is 1. The molecule has 3 heterocycles. The van der Waals surface area contributed by atoms with E-state index in [0.717, 1.165) is 0 Å². The van der Waals surface area contributed by atoms with Crippen molar-refractivity contribution in [1.82, 2.24) is 15.1 Å². The molecular weight excluding hydrogens is 694 g/mol. The summed E-state index contributed by atoms with van der Waals surface area (Å²) < 4.78 is 36.0. The number of carbonyl (C=O) groups excluding carboxylic acids is 4. The molecule has 5 atom stereocenters. The van der Waals surface area contributed by atoms with Crippen LogP contribution in [0.1, 0.15) is 53.4 Å². The zero-order valence-electron chi connectivity index (χ0n) is 28.4. The SMILES string of the molecule is O=C(OC[C@H]1O[C@@H](c2noc(-c3cccnc3)n2)[C@H](OC(=O)c2ccccc2)[C@@H](OC(=O)c2ccccc2)[C@@H]1OC(=O)c1ccccc1)c1ccccc1. The van der Waals surface area contributed by atoms with Crippen LogP contribution in [-0.2, 0) is 23.7 Å². The third kappa shape index (κ3) is 8.22. The van der Waals surface area contributed by atoms with Gasteiger partial charge in [-0.3, -0.25) is 4.98 Å². The van der Waals surface area contributed by atoms with Gasteiger partial charge in [-0.25, -0.2) is 19.2 Å². The molecule has 0 bridgehead atoms. The Balaban J connectivity index is 1.32. The summed E-state index contributed by atoms with van der Waals surface area (Å²) in [5.74, 6) is -3.18. The largest absolute Gasteiger partial charge is 0.459 e. The second-order valence-electron chi connectivity index (χ2n) is 12.0. The van der Waals surface area contributed by atoms with E-state index in [1.54, 1.807) is 115 Å². The van der Waals surface area contributed by atoms with E-state index < -0.39 is 61.0 Å². The van der Waals surface area contributed by atoms with Crippen LogP contribution in [0.4, 0.5) is 0 Å². The molecule has 2 aromatic heterocycles. The Bertz CT molecular complexity index is 2190. The second kappa shape index (κ2) is 16.6. The molecule has 0 amide bonds. The molecule has 4 aromatic carbocycles. The summed E-state index contributed by atoms with van der Waals surface area (Å²) in [7, 11) is 0. The van der Waals surface area contributed by atoms with Crippen molar-refractivity contribution in [2.24, 2.45) is 0 Å². The number of benzene rings is 4. The summed E-state index contributed by atoms with van der Waals surface area (Å²) in [5.41, 5.74) is 1.24. The van der Waals surface area contributed by atoms with Crippen molar-refractivity contribution in [3.8, 4) is 11.5 Å². The van der Waals surface area contributed by atoms with Crippen LogP contribution < -0.4 is 0 Å². The van der Waals surface area contributed by atoms with E-state index in [4.69, 9.17) is 28.2 Å². The van der Waals surface area contributed by atoms with Crippen molar-refractivity contribution >= 4 is 23.9 Å². The van der Waals surface area contributed by atoms with Gasteiger partial charge in [0.15, 0.2) is 24.4 Å². The lowest BCUT2D eigenvalue weighted by molar-refractivity contribution is -0.233. The van der Waals surface area contributed by atoms with Gasteiger partial charge in [-0.1, -0.05) is 78.0 Å². The van der Waals surface area contributed by atoms with Gasteiger partial charge in [-0.2, -0.15) is 4.98 Å². The van der Waals surface area contributed by atoms with Crippen LogP contribution >= 0.6 is 0 Å². The minimum Gasteiger partial charge on any atom is -0.459 e. The van der Waals surface area contributed by atoms with Crippen LogP contribution in [0.5, 0.6) is 0 Å². The van der Waals surface area contributed by atoms with Crippen molar-refractivity contribution in [3.63, 3.8) is 0 Å². The van der Waals surface area contributed by atoms with E-state index in [9.17, 15) is 19.2 Å². The van der Waals surface area contributed by atoms with E-state index >= 15 is 0 Å². The fraction of sp³-hybridized carbons (Fsp3) is 0.146. The van der Waals surface area contributed by atoms with Crippen LogP contribution in [0.25, 0.3) is 11.5 Å². The van der Waals surface area contributed by atoms with Gasteiger partial charge < -0.3 is 28.2 Å². The third-order valence-corrected chi connectivity index (χ3v) is 8.38. The Morgan fingerprint density at radius 3 is 1.54 bits per heavy atom. The Hall–Kier alpha value is -6.99. The molecular formula is C41H31N3O10. The highest BCUT2D eigenvalue weighted by Crippen LogP contribution is 2.38. The lowest BCUT2D eigenvalue weighted by Gasteiger charge is -2.43. The minimum absolute atomic E-state index is 0.0670. The van der Waals surface area contributed by atoms with Gasteiger partial charge in [-0.05, 0) is 60.7 Å². The Morgan fingerprint density at radius 2 is 1.04 bits per heavy atom. The molecule has 270 valence electrons. The van der Waals surface area contributed by atoms with Gasteiger partial charge in [0.2, 0.25) is 5.82 Å². The predicted octanol–water partition coefficient (Wildman–Crippen LogP) is 6.11. The summed E-state index contributed by atoms with van der Waals surface area (Å²) in [6, 6.07) is 35.9. The number of hydrogen-bond acceptors (Lipinski definition) is 13. The van der Waals surface area contributed by atoms with E-state index in [1.807, 2.05) is 0 Å². The highest BCUT2D eigenvalue weighted by molar-refractivity contribution is 5.91. The summed E-state index contributed by atoms with van der Waals surface area (Å²) in [5, 5.41) is 4.14. The molecule has 0 aliphatic carbocycles. The first-order valence-electron chi connectivity index (χ1n) is 16.8. The quantitative estimate of drug-likeness (QED) is 0.111. The van der Waals surface area contributed by atoms with Crippen molar-refractivity contribution in [2.45, 2.75) is 30.5 Å². The van der Waals surface area contributed by atoms with Crippen LogP contribution in [0.2, 0.25) is 0 Å². The molecule has 0 saturated carbocycles. The highest BCUT2D eigenvalue weighted by atomic mass is 16.7. The summed E-state index contributed by atoms with van der Waals surface area (Å²) in [6.45, 7) is -0.497. The first-order valence-corrected chi connectivity index (χ1v) is 16.8. The number of aromatic nitrogens is 3. The van der Waals surface area contributed by atoms with Crippen LogP contribution in [-0.4, -0.2) is 70.0 Å². The smallest absolute Gasteiger partial charge is 0.338 e. The van der Waals surface area contributed by atoms with E-state index in [0.29, 0.717) is 5.56 Å². The number of hydrogen-bond donors (Lipinski definition) is 0. The van der Waals surface area contributed by atoms with Crippen LogP contribution in [0, 0.1) is 0 Å². The van der Waals surface area contributed by atoms with Crippen LogP contribution in [0.15, 0.2) is 150 Å². The average Bonchev–Trinajstić information content (AvgIpc) is 3.73. The first kappa shape index (κ1) is 35.4. The Morgan fingerprint density at radius 1 is 0.556 bits per heavy atom. The third-order valence-electron chi connectivity index (χ3n) is 8.38. The number of carbonyl (C=O) groups is 4. The topological polar surface area (TPSA) is 166 Å². The zero-order chi connectivity index (χ0) is 37.3. The summed E-state index contributed by atoms with van der Waals surface area (Å²) >= 11 is 0. The molecule has 7 rings (SSSR count). The molecule has 0 N–H and O–H groups in total. The number of esters is 4. The maximum Gasteiger partial charge on any atom is 0.338 e. The molecule has 6 aromatic rings. The van der Waals surface area contributed by atoms with Crippen molar-refractivity contribution < 1.29 is 47.4 Å². The van der Waals surface area contributed by atoms with E-state index in [1.165, 1.54) is 30.5 Å².